The van der Waals surface area contributed by atoms with Crippen LogP contribution in [0.4, 0.5) is 5.69 Å². The predicted octanol–water partition coefficient (Wildman–Crippen LogP) is 4.76. The largest absolute Gasteiger partial charge is 0.505 e. The second kappa shape index (κ2) is 5.42. The highest BCUT2D eigenvalue weighted by Gasteiger charge is 2.05. The average Bonchev–Trinajstić information content (AvgIpc) is 2.35. The first-order valence-corrected chi connectivity index (χ1v) is 6.10. The first-order valence-electron chi connectivity index (χ1n) is 5.35. The topological polar surface area (TPSA) is 32.6 Å². The van der Waals surface area contributed by atoms with Gasteiger partial charge in [-0.15, -0.1) is 0 Å². The Bertz CT molecular complexity index is 568. The third-order valence-corrected chi connectivity index (χ3v) is 3.01. The second-order valence-electron chi connectivity index (χ2n) is 3.93. The zero-order valence-electron chi connectivity index (χ0n) is 9.69. The van der Waals surface area contributed by atoms with Crippen molar-refractivity contribution in [2.24, 2.45) is 4.99 Å². The lowest BCUT2D eigenvalue weighted by Crippen LogP contribution is -1.82. The maximum Gasteiger partial charge on any atom is 0.152 e. The van der Waals surface area contributed by atoms with Crippen molar-refractivity contribution >= 4 is 35.1 Å². The first-order chi connectivity index (χ1) is 8.56. The van der Waals surface area contributed by atoms with E-state index >= 15 is 0 Å². The fraction of sp³-hybridized carbons (Fsp3) is 0.0714. The van der Waals surface area contributed by atoms with E-state index in [1.165, 1.54) is 5.56 Å². The third-order valence-electron chi connectivity index (χ3n) is 2.44. The monoisotopic (exact) mass is 279 g/mol. The summed E-state index contributed by atoms with van der Waals surface area (Å²) in [6, 6.07) is 11.1. The summed E-state index contributed by atoms with van der Waals surface area (Å²) in [5.41, 5.74) is 2.77. The molecule has 0 aliphatic rings. The third kappa shape index (κ3) is 3.03. The van der Waals surface area contributed by atoms with Crippen molar-refractivity contribution in [1.82, 2.24) is 0 Å². The summed E-state index contributed by atoms with van der Waals surface area (Å²) in [7, 11) is 0. The Morgan fingerprint density at radius 3 is 2.17 bits per heavy atom. The maximum absolute atomic E-state index is 9.44. The Kier molecular flexibility index (Phi) is 3.90. The van der Waals surface area contributed by atoms with E-state index in [4.69, 9.17) is 23.2 Å². The van der Waals surface area contributed by atoms with Gasteiger partial charge >= 0.3 is 0 Å². The number of benzene rings is 2. The van der Waals surface area contributed by atoms with E-state index in [1.54, 1.807) is 18.3 Å². The van der Waals surface area contributed by atoms with Crippen molar-refractivity contribution in [2.75, 3.05) is 0 Å². The van der Waals surface area contributed by atoms with Crippen molar-refractivity contribution in [3.63, 3.8) is 0 Å². The van der Waals surface area contributed by atoms with Gasteiger partial charge in [-0.3, -0.25) is 4.99 Å². The van der Waals surface area contributed by atoms with Crippen molar-refractivity contribution < 1.29 is 5.11 Å². The zero-order valence-corrected chi connectivity index (χ0v) is 11.2. The fourth-order valence-electron chi connectivity index (χ4n) is 1.44. The van der Waals surface area contributed by atoms with Gasteiger partial charge in [0.15, 0.2) is 5.75 Å². The number of aryl methyl sites for hydroxylation is 1. The van der Waals surface area contributed by atoms with Gasteiger partial charge in [0.05, 0.1) is 15.7 Å². The molecule has 0 fully saturated rings. The molecule has 2 rings (SSSR count). The van der Waals surface area contributed by atoms with Gasteiger partial charge in [-0.05, 0) is 36.8 Å². The van der Waals surface area contributed by atoms with Gasteiger partial charge in [0, 0.05) is 6.21 Å². The number of hydrogen-bond acceptors (Lipinski definition) is 2. The van der Waals surface area contributed by atoms with Gasteiger partial charge in [-0.25, -0.2) is 0 Å². The van der Waals surface area contributed by atoms with Gasteiger partial charge < -0.3 is 5.11 Å². The van der Waals surface area contributed by atoms with E-state index in [2.05, 4.69) is 4.99 Å². The number of halogens is 2. The number of hydrogen-bond donors (Lipinski definition) is 1. The highest BCUT2D eigenvalue weighted by Crippen LogP contribution is 2.32. The lowest BCUT2D eigenvalue weighted by atomic mass is 10.2. The minimum atomic E-state index is -0.106. The Labute approximate surface area is 116 Å². The predicted molar refractivity (Wildman–Crippen MR) is 76.6 cm³/mol. The van der Waals surface area contributed by atoms with Crippen molar-refractivity contribution in [2.45, 2.75) is 6.92 Å². The van der Waals surface area contributed by atoms with Crippen LogP contribution in [-0.2, 0) is 0 Å². The minimum absolute atomic E-state index is 0.106. The molecule has 18 heavy (non-hydrogen) atoms. The molecule has 0 spiro atoms. The van der Waals surface area contributed by atoms with E-state index in [1.807, 2.05) is 31.2 Å². The van der Waals surface area contributed by atoms with Crippen molar-refractivity contribution in [3.8, 4) is 5.75 Å². The Balaban J connectivity index is 2.26. The zero-order chi connectivity index (χ0) is 13.1. The first kappa shape index (κ1) is 12.9. The minimum Gasteiger partial charge on any atom is -0.505 e. The molecule has 0 saturated carbocycles. The molecule has 0 atom stereocenters. The van der Waals surface area contributed by atoms with Crippen LogP contribution in [0.5, 0.6) is 5.75 Å². The van der Waals surface area contributed by atoms with Crippen LogP contribution in [0.3, 0.4) is 0 Å². The molecule has 4 heteroatoms. The lowest BCUT2D eigenvalue weighted by Gasteiger charge is -2.01. The SMILES string of the molecule is Cc1ccc(N=Cc2cc(Cl)c(O)c(Cl)c2)cc1. The van der Waals surface area contributed by atoms with Crippen molar-refractivity contribution in [3.05, 3.63) is 57.6 Å². The summed E-state index contributed by atoms with van der Waals surface area (Å²) >= 11 is 11.7. The summed E-state index contributed by atoms with van der Waals surface area (Å²) in [5, 5.41) is 9.87. The molecule has 0 unspecified atom stereocenters. The molecule has 2 nitrogen and oxygen atoms in total. The number of phenolic OH excluding ortho intramolecular Hbond substituents is 1. The van der Waals surface area contributed by atoms with Crippen LogP contribution in [0.15, 0.2) is 41.4 Å². The van der Waals surface area contributed by atoms with Gasteiger partial charge in [-0.1, -0.05) is 40.9 Å². The molecular formula is C14H11Cl2NO. The molecule has 0 aromatic heterocycles. The summed E-state index contributed by atoms with van der Waals surface area (Å²) in [6.07, 6.45) is 1.65. The summed E-state index contributed by atoms with van der Waals surface area (Å²) in [5.74, 6) is -0.106. The number of aliphatic imine (C=N–C) groups is 1. The van der Waals surface area contributed by atoms with Gasteiger partial charge in [-0.2, -0.15) is 0 Å². The Morgan fingerprint density at radius 2 is 1.61 bits per heavy atom. The maximum atomic E-state index is 9.44. The fourth-order valence-corrected chi connectivity index (χ4v) is 1.94. The molecule has 2 aromatic rings. The number of phenols is 1. The number of nitrogens with zero attached hydrogens (tertiary/aromatic N) is 1. The number of rotatable bonds is 2. The van der Waals surface area contributed by atoms with E-state index in [-0.39, 0.29) is 15.8 Å². The molecule has 1 N–H and O–H groups in total. The summed E-state index contributed by atoms with van der Waals surface area (Å²) in [4.78, 5) is 4.31. The van der Waals surface area contributed by atoms with Crippen LogP contribution in [0.25, 0.3) is 0 Å². The van der Waals surface area contributed by atoms with Crippen LogP contribution < -0.4 is 0 Å². The smallest absolute Gasteiger partial charge is 0.152 e. The molecule has 0 aliphatic carbocycles. The molecule has 0 saturated heterocycles. The summed E-state index contributed by atoms with van der Waals surface area (Å²) in [6.45, 7) is 2.02. The van der Waals surface area contributed by atoms with Crippen LogP contribution in [0.2, 0.25) is 10.0 Å². The molecular weight excluding hydrogens is 269 g/mol. The molecule has 0 radical (unpaired) electrons. The molecule has 0 amide bonds. The lowest BCUT2D eigenvalue weighted by molar-refractivity contribution is 0.476. The summed E-state index contributed by atoms with van der Waals surface area (Å²) < 4.78 is 0. The van der Waals surface area contributed by atoms with E-state index in [0.29, 0.717) is 0 Å². The molecule has 92 valence electrons. The highest BCUT2D eigenvalue weighted by atomic mass is 35.5. The highest BCUT2D eigenvalue weighted by molar-refractivity contribution is 6.37. The van der Waals surface area contributed by atoms with Crippen LogP contribution in [-0.4, -0.2) is 11.3 Å². The van der Waals surface area contributed by atoms with Crippen LogP contribution >= 0.6 is 23.2 Å². The standard InChI is InChI=1S/C14H11Cl2NO/c1-9-2-4-11(5-3-9)17-8-10-6-12(15)14(18)13(16)7-10/h2-8,18H,1H3. The van der Waals surface area contributed by atoms with Gasteiger partial charge in [0.2, 0.25) is 0 Å². The second-order valence-corrected chi connectivity index (χ2v) is 4.74. The van der Waals surface area contributed by atoms with Crippen molar-refractivity contribution in [1.29, 1.82) is 0 Å². The Morgan fingerprint density at radius 1 is 1.06 bits per heavy atom. The quantitative estimate of drug-likeness (QED) is 0.790. The molecule has 0 aliphatic heterocycles. The van der Waals surface area contributed by atoms with E-state index in [9.17, 15) is 5.11 Å². The van der Waals surface area contributed by atoms with E-state index in [0.717, 1.165) is 11.3 Å². The van der Waals surface area contributed by atoms with Crippen LogP contribution in [0.1, 0.15) is 11.1 Å². The average molecular weight is 280 g/mol. The van der Waals surface area contributed by atoms with Gasteiger partial charge in [0.25, 0.3) is 0 Å². The normalized spacial score (nSPS) is 11.1. The van der Waals surface area contributed by atoms with Gasteiger partial charge in [0.1, 0.15) is 0 Å². The Hall–Kier alpha value is -1.51. The number of aromatic hydroxyl groups is 1. The molecule has 0 heterocycles. The molecule has 0 bridgehead atoms. The molecule has 2 aromatic carbocycles. The van der Waals surface area contributed by atoms with Crippen LogP contribution in [0, 0.1) is 6.92 Å². The van der Waals surface area contributed by atoms with E-state index < -0.39 is 0 Å².